The van der Waals surface area contributed by atoms with Crippen LogP contribution in [0.2, 0.25) is 0 Å². The molecule has 0 fully saturated rings. The molecule has 0 aliphatic rings. The lowest BCUT2D eigenvalue weighted by molar-refractivity contribution is -0.137. The highest BCUT2D eigenvalue weighted by molar-refractivity contribution is 6.01. The molecular weight excluding hydrogens is 424 g/mol. The largest absolute Gasteiger partial charge is 0.463 e. The first-order valence-electron chi connectivity index (χ1n) is 10.6. The van der Waals surface area contributed by atoms with Crippen molar-refractivity contribution in [3.63, 3.8) is 0 Å². The number of hydrogen-bond acceptors (Lipinski definition) is 6. The molecule has 2 atom stereocenters. The van der Waals surface area contributed by atoms with Crippen LogP contribution in [0.25, 0.3) is 0 Å². The van der Waals surface area contributed by atoms with Gasteiger partial charge in [-0.15, -0.1) is 0 Å². The molecule has 0 aromatic heterocycles. The fourth-order valence-electron chi connectivity index (χ4n) is 2.84. The number of ether oxygens (including phenoxy) is 2. The predicted molar refractivity (Wildman–Crippen MR) is 122 cm³/mol. The number of benzene rings is 2. The van der Waals surface area contributed by atoms with Crippen molar-refractivity contribution in [2.45, 2.75) is 39.0 Å². The number of alkyl carbamates (subject to hydrolysis) is 1. The van der Waals surface area contributed by atoms with Crippen molar-refractivity contribution in [2.75, 3.05) is 6.61 Å². The molecule has 33 heavy (non-hydrogen) atoms. The second-order valence-corrected chi connectivity index (χ2v) is 7.17. The molecule has 2 N–H and O–H groups in total. The zero-order valence-electron chi connectivity index (χ0n) is 18.7. The topological polar surface area (TPSA) is 111 Å². The monoisotopic (exact) mass is 452 g/mol. The van der Waals surface area contributed by atoms with E-state index in [4.69, 9.17) is 9.47 Å². The smallest absolute Gasteiger partial charge is 0.408 e. The lowest BCUT2D eigenvalue weighted by Crippen LogP contribution is -2.51. The van der Waals surface area contributed by atoms with Crippen molar-refractivity contribution >= 4 is 23.8 Å². The first kappa shape index (κ1) is 25.3. The average Bonchev–Trinajstić information content (AvgIpc) is 2.82. The van der Waals surface area contributed by atoms with Gasteiger partial charge < -0.3 is 20.1 Å². The van der Waals surface area contributed by atoms with E-state index in [2.05, 4.69) is 10.6 Å². The van der Waals surface area contributed by atoms with E-state index in [9.17, 15) is 19.2 Å². The van der Waals surface area contributed by atoms with Gasteiger partial charge in [0.1, 0.15) is 12.6 Å². The molecule has 2 rings (SSSR count). The summed E-state index contributed by atoms with van der Waals surface area (Å²) in [4.78, 5) is 48.8. The normalized spacial score (nSPS) is 12.4. The Morgan fingerprint density at radius 2 is 1.45 bits per heavy atom. The first-order chi connectivity index (χ1) is 15.9. The highest BCUT2D eigenvalue weighted by atomic mass is 16.5. The zero-order valence-corrected chi connectivity index (χ0v) is 18.7. The molecule has 0 aliphatic heterocycles. The number of carbonyl (C=O) groups excluding carboxylic acids is 4. The summed E-state index contributed by atoms with van der Waals surface area (Å²) >= 11 is 0. The van der Waals surface area contributed by atoms with Gasteiger partial charge in [-0.3, -0.25) is 9.59 Å². The third kappa shape index (κ3) is 9.39. The molecule has 8 nitrogen and oxygen atoms in total. The Hall–Kier alpha value is -3.94. The van der Waals surface area contributed by atoms with Crippen LogP contribution >= 0.6 is 0 Å². The Labute approximate surface area is 193 Å². The molecule has 0 bridgehead atoms. The van der Waals surface area contributed by atoms with Crippen LogP contribution in [0.5, 0.6) is 0 Å². The van der Waals surface area contributed by atoms with E-state index in [0.29, 0.717) is 0 Å². The van der Waals surface area contributed by atoms with Crippen LogP contribution < -0.4 is 10.6 Å². The summed E-state index contributed by atoms with van der Waals surface area (Å²) < 4.78 is 9.96. The van der Waals surface area contributed by atoms with Gasteiger partial charge in [-0.2, -0.15) is 0 Å². The lowest BCUT2D eigenvalue weighted by atomic mass is 10.0. The third-order valence-electron chi connectivity index (χ3n) is 4.56. The molecule has 0 aliphatic carbocycles. The number of amides is 2. The molecule has 0 heterocycles. The van der Waals surface area contributed by atoms with Crippen molar-refractivity contribution in [3.8, 4) is 0 Å². The van der Waals surface area contributed by atoms with E-state index < -0.39 is 35.8 Å². The van der Waals surface area contributed by atoms with Crippen molar-refractivity contribution in [1.82, 2.24) is 10.6 Å². The minimum Gasteiger partial charge on any atom is -0.463 e. The second kappa shape index (κ2) is 13.5. The molecular formula is C25H28N2O6. The SMILES string of the molecule is CCOC(=O)/C=C/C(=O)[C@H](C)NC(=O)[C@H](Cc1ccccc1)NC(=O)OCc1ccccc1. The number of hydrogen-bond donors (Lipinski definition) is 2. The minimum absolute atomic E-state index is 0.0554. The van der Waals surface area contributed by atoms with Crippen LogP contribution in [0.1, 0.15) is 25.0 Å². The van der Waals surface area contributed by atoms with Crippen LogP contribution in [-0.2, 0) is 36.9 Å². The highest BCUT2D eigenvalue weighted by Gasteiger charge is 2.25. The van der Waals surface area contributed by atoms with Gasteiger partial charge in [0.15, 0.2) is 5.78 Å². The summed E-state index contributed by atoms with van der Waals surface area (Å²) in [5, 5.41) is 5.14. The van der Waals surface area contributed by atoms with E-state index in [1.165, 1.54) is 6.92 Å². The van der Waals surface area contributed by atoms with Gasteiger partial charge >= 0.3 is 12.1 Å². The molecule has 2 aromatic rings. The Balaban J connectivity index is 2.00. The third-order valence-corrected chi connectivity index (χ3v) is 4.56. The van der Waals surface area contributed by atoms with Crippen molar-refractivity contribution < 1.29 is 28.7 Å². The molecule has 0 spiro atoms. The number of nitrogens with one attached hydrogen (secondary N) is 2. The Morgan fingerprint density at radius 1 is 0.848 bits per heavy atom. The predicted octanol–water partition coefficient (Wildman–Crippen LogP) is 2.72. The fraction of sp³-hybridized carbons (Fsp3) is 0.280. The van der Waals surface area contributed by atoms with E-state index in [1.54, 1.807) is 6.92 Å². The van der Waals surface area contributed by atoms with E-state index >= 15 is 0 Å². The van der Waals surface area contributed by atoms with Gasteiger partial charge in [0.2, 0.25) is 5.91 Å². The molecule has 0 saturated carbocycles. The maximum atomic E-state index is 12.9. The van der Waals surface area contributed by atoms with Crippen molar-refractivity contribution in [1.29, 1.82) is 0 Å². The van der Waals surface area contributed by atoms with Crippen LogP contribution in [-0.4, -0.2) is 42.4 Å². The van der Waals surface area contributed by atoms with Crippen molar-refractivity contribution in [2.24, 2.45) is 0 Å². The molecule has 174 valence electrons. The summed E-state index contributed by atoms with van der Waals surface area (Å²) in [6.07, 6.45) is 1.51. The number of rotatable bonds is 11. The molecule has 2 amide bonds. The molecule has 0 unspecified atom stereocenters. The average molecular weight is 453 g/mol. The summed E-state index contributed by atoms with van der Waals surface area (Å²) in [7, 11) is 0. The van der Waals surface area contributed by atoms with Gasteiger partial charge in [0.05, 0.1) is 12.6 Å². The van der Waals surface area contributed by atoms with E-state index in [1.807, 2.05) is 60.7 Å². The van der Waals surface area contributed by atoms with Gasteiger partial charge in [-0.1, -0.05) is 60.7 Å². The Morgan fingerprint density at radius 3 is 2.06 bits per heavy atom. The summed E-state index contributed by atoms with van der Waals surface area (Å²) in [5.74, 6) is -1.68. The molecule has 2 aromatic carbocycles. The second-order valence-electron chi connectivity index (χ2n) is 7.17. The Kier molecular flexibility index (Phi) is 10.3. The minimum atomic E-state index is -0.972. The summed E-state index contributed by atoms with van der Waals surface area (Å²) in [6, 6.07) is 16.4. The van der Waals surface area contributed by atoms with Gasteiger partial charge in [-0.05, 0) is 31.1 Å². The first-order valence-corrected chi connectivity index (χ1v) is 10.6. The van der Waals surface area contributed by atoms with Gasteiger partial charge in [-0.25, -0.2) is 9.59 Å². The lowest BCUT2D eigenvalue weighted by Gasteiger charge is -2.20. The number of esters is 1. The molecule has 8 heteroatoms. The number of ketones is 1. The van der Waals surface area contributed by atoms with Crippen LogP contribution in [0, 0.1) is 0 Å². The van der Waals surface area contributed by atoms with Gasteiger partial charge in [0, 0.05) is 12.5 Å². The van der Waals surface area contributed by atoms with Crippen molar-refractivity contribution in [3.05, 3.63) is 83.9 Å². The highest BCUT2D eigenvalue weighted by Crippen LogP contribution is 2.06. The van der Waals surface area contributed by atoms with E-state index in [0.717, 1.165) is 23.3 Å². The van der Waals surface area contributed by atoms with Crippen LogP contribution in [0.4, 0.5) is 4.79 Å². The fourth-order valence-corrected chi connectivity index (χ4v) is 2.84. The number of carbonyl (C=O) groups is 4. The summed E-state index contributed by atoms with van der Waals surface area (Å²) in [6.45, 7) is 3.39. The zero-order chi connectivity index (χ0) is 24.1. The molecule has 0 saturated heterocycles. The standard InChI is InChI=1S/C25H28N2O6/c1-3-32-23(29)15-14-22(28)18(2)26-24(30)21(16-19-10-6-4-7-11-19)27-25(31)33-17-20-12-8-5-9-13-20/h4-15,18,21H,3,16-17H2,1-2H3,(H,26,30)(H,27,31)/b15-14+/t18-,21-/m0/s1. The van der Waals surface area contributed by atoms with Gasteiger partial charge in [0.25, 0.3) is 0 Å². The maximum Gasteiger partial charge on any atom is 0.408 e. The van der Waals surface area contributed by atoms with Crippen LogP contribution in [0.15, 0.2) is 72.8 Å². The molecule has 0 radical (unpaired) electrons. The Bertz CT molecular complexity index is 959. The summed E-state index contributed by atoms with van der Waals surface area (Å²) in [5.41, 5.74) is 1.63. The maximum absolute atomic E-state index is 12.9. The quantitative estimate of drug-likeness (QED) is 0.401. The van der Waals surface area contributed by atoms with E-state index in [-0.39, 0.29) is 19.6 Å². The van der Waals surface area contributed by atoms with Crippen LogP contribution in [0.3, 0.4) is 0 Å².